The van der Waals surface area contributed by atoms with E-state index >= 15 is 0 Å². The average Bonchev–Trinajstić information content (AvgIpc) is 3.28. The molecule has 3 fully saturated rings. The third-order valence-corrected chi connectivity index (χ3v) is 4.92. The molecule has 1 N–H and O–H groups in total. The third kappa shape index (κ3) is 2.80. The maximum atomic E-state index is 14.1. The minimum Gasteiger partial charge on any atom is -0.479 e. The first-order valence-corrected chi connectivity index (χ1v) is 7.90. The van der Waals surface area contributed by atoms with Gasteiger partial charge in [-0.1, -0.05) is 0 Å². The highest BCUT2D eigenvalue weighted by atomic mass is 19.1. The van der Waals surface area contributed by atoms with E-state index in [-0.39, 0.29) is 43.2 Å². The number of carboxylic acid groups (broad SMARTS) is 1. The van der Waals surface area contributed by atoms with Gasteiger partial charge in [0.2, 0.25) is 17.5 Å². The first-order chi connectivity index (χ1) is 10.4. The Morgan fingerprint density at radius 1 is 1.00 bits per heavy atom. The van der Waals surface area contributed by atoms with Gasteiger partial charge in [-0.2, -0.15) is 0 Å². The number of likely N-dealkylation sites (tertiary alicyclic amines) is 2. The van der Waals surface area contributed by atoms with Crippen LogP contribution in [-0.4, -0.2) is 64.5 Å². The smallest absolute Gasteiger partial charge is 0.343 e. The van der Waals surface area contributed by atoms with E-state index in [1.807, 2.05) is 0 Å². The highest BCUT2D eigenvalue weighted by molar-refractivity contribution is 5.85. The Labute approximate surface area is 128 Å². The molecule has 22 heavy (non-hydrogen) atoms. The fourth-order valence-corrected chi connectivity index (χ4v) is 3.36. The lowest BCUT2D eigenvalue weighted by atomic mass is 9.96. The van der Waals surface area contributed by atoms with Crippen LogP contribution in [0.4, 0.5) is 4.39 Å². The zero-order valence-electron chi connectivity index (χ0n) is 12.5. The molecule has 2 aliphatic heterocycles. The Balaban J connectivity index is 1.60. The Morgan fingerprint density at radius 2 is 1.68 bits per heavy atom. The number of halogens is 1. The molecule has 122 valence electrons. The van der Waals surface area contributed by atoms with Crippen molar-refractivity contribution < 1.29 is 23.9 Å². The van der Waals surface area contributed by atoms with E-state index in [2.05, 4.69) is 0 Å². The van der Waals surface area contributed by atoms with Gasteiger partial charge >= 0.3 is 5.97 Å². The summed E-state index contributed by atoms with van der Waals surface area (Å²) in [5.74, 6) is -1.78. The number of aliphatic carboxylic acids is 1. The molecule has 2 amide bonds. The summed E-state index contributed by atoms with van der Waals surface area (Å²) in [6.45, 7) is 0.821. The second-order valence-corrected chi connectivity index (χ2v) is 6.68. The van der Waals surface area contributed by atoms with Crippen LogP contribution in [0.15, 0.2) is 0 Å². The maximum Gasteiger partial charge on any atom is 0.343 e. The molecule has 3 rings (SSSR count). The molecule has 2 unspecified atom stereocenters. The van der Waals surface area contributed by atoms with E-state index in [1.54, 1.807) is 4.90 Å². The number of hydrogen-bond donors (Lipinski definition) is 1. The molecule has 1 aliphatic carbocycles. The Bertz CT molecular complexity index is 508. The summed E-state index contributed by atoms with van der Waals surface area (Å²) in [5, 5.41) is 8.90. The van der Waals surface area contributed by atoms with Crippen molar-refractivity contribution in [2.75, 3.05) is 26.2 Å². The summed E-state index contributed by atoms with van der Waals surface area (Å²) >= 11 is 0. The number of hydrogen-bond acceptors (Lipinski definition) is 3. The highest BCUT2D eigenvalue weighted by Gasteiger charge is 2.48. The summed E-state index contributed by atoms with van der Waals surface area (Å²) in [6, 6.07) is 0. The van der Waals surface area contributed by atoms with E-state index in [9.17, 15) is 18.8 Å². The number of carboxylic acids is 1. The van der Waals surface area contributed by atoms with Crippen LogP contribution in [0.2, 0.25) is 0 Å². The summed E-state index contributed by atoms with van der Waals surface area (Å²) < 4.78 is 14.1. The van der Waals surface area contributed by atoms with Gasteiger partial charge in [0, 0.05) is 32.0 Å². The normalized spacial score (nSPS) is 32.1. The van der Waals surface area contributed by atoms with Crippen molar-refractivity contribution in [3.8, 4) is 0 Å². The third-order valence-electron chi connectivity index (χ3n) is 4.92. The summed E-state index contributed by atoms with van der Waals surface area (Å²) in [6.07, 6.45) is 3.15. The fraction of sp³-hybridized carbons (Fsp3) is 0.800. The van der Waals surface area contributed by atoms with E-state index in [0.29, 0.717) is 19.5 Å². The lowest BCUT2D eigenvalue weighted by Crippen LogP contribution is -2.47. The van der Waals surface area contributed by atoms with Gasteiger partial charge in [-0.25, -0.2) is 9.18 Å². The highest BCUT2D eigenvalue weighted by Crippen LogP contribution is 2.33. The monoisotopic (exact) mass is 312 g/mol. The summed E-state index contributed by atoms with van der Waals surface area (Å²) in [7, 11) is 0. The van der Waals surface area contributed by atoms with Crippen LogP contribution in [0.3, 0.4) is 0 Å². The van der Waals surface area contributed by atoms with Gasteiger partial charge in [0.15, 0.2) is 0 Å². The van der Waals surface area contributed by atoms with E-state index in [4.69, 9.17) is 5.11 Å². The van der Waals surface area contributed by atoms with Crippen LogP contribution in [0.25, 0.3) is 0 Å². The molecule has 0 aromatic carbocycles. The number of alkyl halides is 1. The maximum absolute atomic E-state index is 14.1. The fourth-order valence-electron chi connectivity index (χ4n) is 3.36. The van der Waals surface area contributed by atoms with E-state index < -0.39 is 11.6 Å². The van der Waals surface area contributed by atoms with Crippen molar-refractivity contribution in [2.24, 2.45) is 11.8 Å². The van der Waals surface area contributed by atoms with Crippen molar-refractivity contribution in [1.29, 1.82) is 0 Å². The predicted molar refractivity (Wildman–Crippen MR) is 74.7 cm³/mol. The van der Waals surface area contributed by atoms with Gasteiger partial charge in [-0.05, 0) is 25.7 Å². The minimum atomic E-state index is -2.33. The molecule has 3 aliphatic rings. The Kier molecular flexibility index (Phi) is 3.82. The van der Waals surface area contributed by atoms with Gasteiger partial charge in [-0.3, -0.25) is 9.59 Å². The van der Waals surface area contributed by atoms with Crippen molar-refractivity contribution >= 4 is 17.8 Å². The molecule has 7 heteroatoms. The van der Waals surface area contributed by atoms with Crippen molar-refractivity contribution in [3.63, 3.8) is 0 Å². The number of amides is 2. The molecule has 0 spiro atoms. The zero-order chi connectivity index (χ0) is 15.9. The van der Waals surface area contributed by atoms with Gasteiger partial charge in [-0.15, -0.1) is 0 Å². The number of carbonyl (C=O) groups is 3. The van der Waals surface area contributed by atoms with Crippen LogP contribution < -0.4 is 0 Å². The van der Waals surface area contributed by atoms with Crippen LogP contribution in [0.5, 0.6) is 0 Å². The topological polar surface area (TPSA) is 77.9 Å². The molecule has 0 bridgehead atoms. The first-order valence-electron chi connectivity index (χ1n) is 7.90. The number of rotatable bonds is 3. The Morgan fingerprint density at radius 3 is 2.27 bits per heavy atom. The number of carbonyl (C=O) groups excluding carboxylic acids is 2. The van der Waals surface area contributed by atoms with Crippen molar-refractivity contribution in [1.82, 2.24) is 9.80 Å². The average molecular weight is 312 g/mol. The van der Waals surface area contributed by atoms with Gasteiger partial charge < -0.3 is 14.9 Å². The second kappa shape index (κ2) is 5.52. The second-order valence-electron chi connectivity index (χ2n) is 6.68. The standard InChI is InChI=1S/C15H21FN2O4/c16-15(14(21)22)5-7-18(9-15)13(20)11-2-1-6-17(8-11)12(19)10-3-4-10/h10-11H,1-9H2,(H,21,22). The predicted octanol–water partition coefficient (Wildman–Crippen LogP) is 0.660. The van der Waals surface area contributed by atoms with E-state index in [0.717, 1.165) is 19.3 Å². The molecule has 0 aromatic heterocycles. The molecule has 2 atom stereocenters. The quantitative estimate of drug-likeness (QED) is 0.830. The molecule has 6 nitrogen and oxygen atoms in total. The molecule has 2 heterocycles. The molecule has 1 saturated carbocycles. The molecular formula is C15H21FN2O4. The SMILES string of the molecule is O=C(C1CC1)N1CCCC(C(=O)N2CCC(F)(C(=O)O)C2)C1. The summed E-state index contributed by atoms with van der Waals surface area (Å²) in [4.78, 5) is 38.6. The van der Waals surface area contributed by atoms with Crippen molar-refractivity contribution in [3.05, 3.63) is 0 Å². The van der Waals surface area contributed by atoms with E-state index in [1.165, 1.54) is 4.90 Å². The largest absolute Gasteiger partial charge is 0.479 e. The Hall–Kier alpha value is -1.66. The molecule has 0 radical (unpaired) electrons. The number of piperidine rings is 1. The summed E-state index contributed by atoms with van der Waals surface area (Å²) in [5.41, 5.74) is -2.33. The minimum absolute atomic E-state index is 0.129. The molecule has 0 aromatic rings. The van der Waals surface area contributed by atoms with Crippen molar-refractivity contribution in [2.45, 2.75) is 37.8 Å². The van der Waals surface area contributed by atoms with Crippen LogP contribution in [0, 0.1) is 11.8 Å². The lowest BCUT2D eigenvalue weighted by Gasteiger charge is -2.34. The van der Waals surface area contributed by atoms with Crippen LogP contribution >= 0.6 is 0 Å². The lowest BCUT2D eigenvalue weighted by molar-refractivity contribution is -0.150. The zero-order valence-corrected chi connectivity index (χ0v) is 12.5. The van der Waals surface area contributed by atoms with Gasteiger partial charge in [0.25, 0.3) is 0 Å². The first kappa shape index (κ1) is 15.2. The van der Waals surface area contributed by atoms with Crippen LogP contribution in [0.1, 0.15) is 32.1 Å². The van der Waals surface area contributed by atoms with Crippen LogP contribution in [-0.2, 0) is 14.4 Å². The molecular weight excluding hydrogens is 291 g/mol. The molecule has 2 saturated heterocycles. The number of nitrogens with zero attached hydrogens (tertiary/aromatic N) is 2. The van der Waals surface area contributed by atoms with Gasteiger partial charge in [0.1, 0.15) is 0 Å². The van der Waals surface area contributed by atoms with Gasteiger partial charge in [0.05, 0.1) is 12.5 Å².